The van der Waals surface area contributed by atoms with Crippen LogP contribution in [0, 0.1) is 31.0 Å². The summed E-state index contributed by atoms with van der Waals surface area (Å²) in [5, 5.41) is 21.0. The highest BCUT2D eigenvalue weighted by atomic mass is 35.5. The zero-order valence-electron chi connectivity index (χ0n) is 24.2. The van der Waals surface area contributed by atoms with Crippen molar-refractivity contribution in [3.05, 3.63) is 82.3 Å². The van der Waals surface area contributed by atoms with E-state index in [2.05, 4.69) is 17.2 Å². The Labute approximate surface area is 242 Å². The first-order valence-electron chi connectivity index (χ1n) is 13.5. The maximum Gasteiger partial charge on any atom is 0.221 e. The van der Waals surface area contributed by atoms with Crippen molar-refractivity contribution in [1.29, 1.82) is 5.41 Å². The summed E-state index contributed by atoms with van der Waals surface area (Å²) in [4.78, 5) is 19.5. The van der Waals surface area contributed by atoms with Gasteiger partial charge in [-0.1, -0.05) is 50.6 Å². The molecule has 1 aliphatic heterocycles. The van der Waals surface area contributed by atoms with E-state index in [0.29, 0.717) is 29.7 Å². The Balaban J connectivity index is 0.000000264. The summed E-state index contributed by atoms with van der Waals surface area (Å²) in [7, 11) is 0. The Kier molecular flexibility index (Phi) is 13.0. The van der Waals surface area contributed by atoms with E-state index in [-0.39, 0.29) is 17.8 Å². The lowest BCUT2D eigenvalue weighted by Gasteiger charge is -2.36. The molecule has 1 amide bonds. The van der Waals surface area contributed by atoms with Crippen LogP contribution in [0.25, 0.3) is 0 Å². The Morgan fingerprint density at radius 2 is 1.93 bits per heavy atom. The highest BCUT2D eigenvalue weighted by molar-refractivity contribution is 6.31. The van der Waals surface area contributed by atoms with E-state index < -0.39 is 0 Å². The highest BCUT2D eigenvalue weighted by Crippen LogP contribution is 2.29. The van der Waals surface area contributed by atoms with Gasteiger partial charge in [0.2, 0.25) is 5.91 Å². The monoisotopic (exact) mass is 569 g/mol. The molecule has 0 saturated carbocycles. The fraction of sp³-hybridized carbons (Fsp3) is 0.387. The van der Waals surface area contributed by atoms with E-state index in [1.165, 1.54) is 25.4 Å². The van der Waals surface area contributed by atoms with Gasteiger partial charge in [0, 0.05) is 36.4 Å². The minimum absolute atomic E-state index is 0.113. The van der Waals surface area contributed by atoms with Crippen molar-refractivity contribution in [3.8, 4) is 0 Å². The fourth-order valence-corrected chi connectivity index (χ4v) is 4.46. The number of carbonyl (C=O) groups is 1. The third-order valence-corrected chi connectivity index (χ3v) is 6.83. The van der Waals surface area contributed by atoms with Gasteiger partial charge in [-0.3, -0.25) is 10.2 Å². The number of aliphatic hydroxyl groups is 1. The number of hydrogen-bond acceptors (Lipinski definition) is 5. The number of amides is 1. The van der Waals surface area contributed by atoms with E-state index in [4.69, 9.17) is 17.0 Å². The van der Waals surface area contributed by atoms with E-state index in [9.17, 15) is 14.3 Å². The van der Waals surface area contributed by atoms with Gasteiger partial charge in [0.05, 0.1) is 24.7 Å². The summed E-state index contributed by atoms with van der Waals surface area (Å²) in [5.74, 6) is 0.674. The van der Waals surface area contributed by atoms with Gasteiger partial charge in [0.25, 0.3) is 0 Å². The minimum Gasteiger partial charge on any atom is -0.391 e. The molecule has 7 nitrogen and oxygen atoms in total. The molecule has 1 aliphatic rings. The lowest BCUT2D eigenvalue weighted by atomic mass is 9.96. The van der Waals surface area contributed by atoms with E-state index >= 15 is 0 Å². The molecular formula is C31H41ClFN5O2. The van der Waals surface area contributed by atoms with Gasteiger partial charge in [0.15, 0.2) is 5.82 Å². The topological polar surface area (TPSA) is 92.6 Å². The molecule has 2 atom stereocenters. The standard InChI is InChI=1S/C15H14ClFN2.C14H21N3O2.C2H6/c1-11-8-13(17)6-7-15(11)19(10-18)9-12-4-2-3-5-14(12)16;1-9-6-7-17(8-13(9)19)14-12(16-11(3)18)5-4-10(2)15-14;1-2/h2-8,10,18H,9H2,1H3;4-5,9,13,19H,6-8H2,1-3H3,(H,16,18);1-2H3. The summed E-state index contributed by atoms with van der Waals surface area (Å²) in [6, 6.07) is 15.8. The molecule has 2 unspecified atom stereocenters. The number of carbonyl (C=O) groups excluding carboxylic acids is 1. The van der Waals surface area contributed by atoms with Crippen LogP contribution in [0.1, 0.15) is 50.9 Å². The van der Waals surface area contributed by atoms with Crippen molar-refractivity contribution in [2.45, 2.75) is 60.6 Å². The lowest BCUT2D eigenvalue weighted by Crippen LogP contribution is -2.43. The Hall–Kier alpha value is -3.49. The minimum atomic E-state index is -0.346. The largest absolute Gasteiger partial charge is 0.391 e. The van der Waals surface area contributed by atoms with Gasteiger partial charge < -0.3 is 20.2 Å². The number of anilines is 3. The summed E-state index contributed by atoms with van der Waals surface area (Å²) < 4.78 is 13.1. The third kappa shape index (κ3) is 9.31. The SMILES string of the molecule is CC.CC(=O)Nc1ccc(C)nc1N1CCC(C)C(O)C1.Cc1cc(F)ccc1N(C=N)Cc1ccccc1Cl. The number of β-amino-alcohol motifs (C(OH)–C–C–N with tert-alkyl or cyclic N) is 1. The molecule has 4 rings (SSSR count). The number of piperidine rings is 1. The second-order valence-corrected chi connectivity index (χ2v) is 9.97. The molecule has 3 aromatic rings. The number of pyridine rings is 1. The molecule has 1 aromatic heterocycles. The molecule has 1 fully saturated rings. The van der Waals surface area contributed by atoms with Gasteiger partial charge in [-0.15, -0.1) is 0 Å². The van der Waals surface area contributed by atoms with E-state index in [1.54, 1.807) is 11.0 Å². The normalized spacial score (nSPS) is 16.1. The van der Waals surface area contributed by atoms with Crippen molar-refractivity contribution in [3.63, 3.8) is 0 Å². The van der Waals surface area contributed by atoms with Crippen molar-refractivity contribution in [2.24, 2.45) is 5.92 Å². The summed E-state index contributed by atoms with van der Waals surface area (Å²) in [6.45, 7) is 13.2. The second-order valence-electron chi connectivity index (χ2n) is 9.56. The predicted octanol–water partition coefficient (Wildman–Crippen LogP) is 6.98. The Morgan fingerprint density at radius 3 is 2.52 bits per heavy atom. The van der Waals surface area contributed by atoms with Crippen LogP contribution >= 0.6 is 11.6 Å². The number of aryl methyl sites for hydroxylation is 2. The van der Waals surface area contributed by atoms with Crippen molar-refractivity contribution < 1.29 is 14.3 Å². The number of halogens is 2. The molecule has 0 spiro atoms. The first-order chi connectivity index (χ1) is 19.1. The highest BCUT2D eigenvalue weighted by Gasteiger charge is 2.26. The number of nitrogens with zero attached hydrogens (tertiary/aromatic N) is 3. The lowest BCUT2D eigenvalue weighted by molar-refractivity contribution is -0.114. The van der Waals surface area contributed by atoms with Crippen LogP contribution in [0.2, 0.25) is 5.02 Å². The van der Waals surface area contributed by atoms with Gasteiger partial charge in [-0.25, -0.2) is 9.37 Å². The zero-order valence-corrected chi connectivity index (χ0v) is 25.0. The predicted molar refractivity (Wildman–Crippen MR) is 164 cm³/mol. The molecule has 9 heteroatoms. The number of benzene rings is 2. The van der Waals surface area contributed by atoms with Crippen LogP contribution in [0.15, 0.2) is 54.6 Å². The average molecular weight is 570 g/mol. The molecule has 1 saturated heterocycles. The summed E-state index contributed by atoms with van der Waals surface area (Å²) in [6.07, 6.45) is 1.81. The van der Waals surface area contributed by atoms with Crippen molar-refractivity contribution in [2.75, 3.05) is 28.2 Å². The molecule has 3 N–H and O–H groups in total. The van der Waals surface area contributed by atoms with Crippen LogP contribution in [0.5, 0.6) is 0 Å². The van der Waals surface area contributed by atoms with Gasteiger partial charge in [-0.2, -0.15) is 0 Å². The zero-order chi connectivity index (χ0) is 29.8. The molecule has 0 radical (unpaired) electrons. The Morgan fingerprint density at radius 1 is 1.23 bits per heavy atom. The van der Waals surface area contributed by atoms with Crippen molar-refractivity contribution >= 4 is 41.0 Å². The van der Waals surface area contributed by atoms with Crippen LogP contribution in [0.4, 0.5) is 21.6 Å². The summed E-state index contributed by atoms with van der Waals surface area (Å²) >= 11 is 6.12. The van der Waals surface area contributed by atoms with Gasteiger partial charge in [0.1, 0.15) is 5.82 Å². The average Bonchev–Trinajstić information content (AvgIpc) is 2.92. The quantitative estimate of drug-likeness (QED) is 0.220. The number of hydrogen-bond donors (Lipinski definition) is 3. The van der Waals surface area contributed by atoms with Crippen LogP contribution in [-0.2, 0) is 11.3 Å². The molecular weight excluding hydrogens is 529 g/mol. The molecule has 40 heavy (non-hydrogen) atoms. The molecule has 0 bridgehead atoms. The smallest absolute Gasteiger partial charge is 0.221 e. The molecule has 2 heterocycles. The third-order valence-electron chi connectivity index (χ3n) is 6.47. The van der Waals surface area contributed by atoms with Crippen molar-refractivity contribution in [1.82, 2.24) is 4.98 Å². The van der Waals surface area contributed by atoms with Gasteiger partial charge >= 0.3 is 0 Å². The second kappa shape index (κ2) is 15.9. The molecule has 216 valence electrons. The Bertz CT molecular complexity index is 1270. The number of nitrogens with one attached hydrogen (secondary N) is 2. The number of aliphatic hydroxyl groups excluding tert-OH is 1. The molecule has 0 aliphatic carbocycles. The van der Waals surface area contributed by atoms with Crippen LogP contribution in [0.3, 0.4) is 0 Å². The summed E-state index contributed by atoms with van der Waals surface area (Å²) in [5.41, 5.74) is 4.13. The van der Waals surface area contributed by atoms with Gasteiger partial charge in [-0.05, 0) is 73.7 Å². The van der Waals surface area contributed by atoms with E-state index in [1.807, 2.05) is 69.0 Å². The van der Waals surface area contributed by atoms with Crippen LogP contribution in [-0.4, -0.2) is 41.5 Å². The fourth-order valence-electron chi connectivity index (χ4n) is 4.26. The first-order valence-corrected chi connectivity index (χ1v) is 13.9. The van der Waals surface area contributed by atoms with Crippen LogP contribution < -0.4 is 15.1 Å². The number of aromatic nitrogens is 1. The molecule has 2 aromatic carbocycles. The maximum atomic E-state index is 13.1. The van der Waals surface area contributed by atoms with E-state index in [0.717, 1.165) is 41.3 Å². The first kappa shape index (κ1) is 32.7. The number of rotatable bonds is 6. The maximum absolute atomic E-state index is 13.1.